The van der Waals surface area contributed by atoms with E-state index in [9.17, 15) is 4.79 Å². The second kappa shape index (κ2) is 6.34. The average molecular weight is 285 g/mol. The number of benzene rings is 1. The molecule has 18 heavy (non-hydrogen) atoms. The molecule has 0 unspecified atom stereocenters. The van der Waals surface area contributed by atoms with Crippen molar-refractivity contribution in [2.24, 2.45) is 0 Å². The van der Waals surface area contributed by atoms with Crippen molar-refractivity contribution in [1.29, 1.82) is 0 Å². The summed E-state index contributed by atoms with van der Waals surface area (Å²) in [5, 5.41) is 0.547. The Morgan fingerprint density at radius 3 is 2.72 bits per heavy atom. The van der Waals surface area contributed by atoms with E-state index in [4.69, 9.17) is 17.3 Å². The zero-order valence-electron chi connectivity index (χ0n) is 10.2. The molecule has 0 aliphatic carbocycles. The summed E-state index contributed by atoms with van der Waals surface area (Å²) in [7, 11) is 0. The highest BCUT2D eigenvalue weighted by Gasteiger charge is 2.16. The maximum Gasteiger partial charge on any atom is 0.232 e. The molecule has 0 atom stereocenters. The first-order chi connectivity index (χ1) is 8.66. The Labute approximate surface area is 117 Å². The molecule has 1 aliphatic heterocycles. The van der Waals surface area contributed by atoms with Crippen LogP contribution >= 0.6 is 23.4 Å². The third kappa shape index (κ3) is 3.56. The number of hydrogen-bond acceptors (Lipinski definition) is 3. The molecule has 0 bridgehead atoms. The predicted octanol–water partition coefficient (Wildman–Crippen LogP) is 3.03. The molecule has 1 aliphatic rings. The smallest absolute Gasteiger partial charge is 0.232 e. The molecule has 1 aromatic rings. The highest BCUT2D eigenvalue weighted by atomic mass is 35.5. The Hall–Kier alpha value is -0.870. The quantitative estimate of drug-likeness (QED) is 0.685. The van der Waals surface area contributed by atoms with Gasteiger partial charge in [-0.05, 0) is 37.5 Å². The van der Waals surface area contributed by atoms with Crippen molar-refractivity contribution in [1.82, 2.24) is 4.90 Å². The van der Waals surface area contributed by atoms with E-state index >= 15 is 0 Å². The standard InChI is InChI=1S/C13H17ClN2OS/c14-11-8-10(4-5-12(11)15)18-9-13(17)16-6-2-1-3-7-16/h4-5,8H,1-3,6-7,9,15H2. The normalized spacial score (nSPS) is 15.7. The van der Waals surface area contributed by atoms with Gasteiger partial charge < -0.3 is 10.6 Å². The molecule has 2 N–H and O–H groups in total. The van der Waals surface area contributed by atoms with E-state index in [0.29, 0.717) is 16.5 Å². The van der Waals surface area contributed by atoms with Gasteiger partial charge in [-0.2, -0.15) is 0 Å². The van der Waals surface area contributed by atoms with Crippen LogP contribution in [-0.2, 0) is 4.79 Å². The van der Waals surface area contributed by atoms with Gasteiger partial charge in [0.05, 0.1) is 16.5 Å². The van der Waals surface area contributed by atoms with Crippen molar-refractivity contribution in [3.05, 3.63) is 23.2 Å². The number of nitrogens with two attached hydrogens (primary N) is 1. The molecule has 0 radical (unpaired) electrons. The topological polar surface area (TPSA) is 46.3 Å². The maximum absolute atomic E-state index is 12.0. The first kappa shape index (κ1) is 13.6. The van der Waals surface area contributed by atoms with Gasteiger partial charge in [0.25, 0.3) is 0 Å². The Kier molecular flexibility index (Phi) is 4.78. The van der Waals surface area contributed by atoms with Gasteiger partial charge in [-0.1, -0.05) is 11.6 Å². The highest BCUT2D eigenvalue weighted by molar-refractivity contribution is 8.00. The fraction of sp³-hybridized carbons (Fsp3) is 0.462. The highest BCUT2D eigenvalue weighted by Crippen LogP contribution is 2.26. The van der Waals surface area contributed by atoms with E-state index in [-0.39, 0.29) is 5.91 Å². The average Bonchev–Trinajstić information content (AvgIpc) is 2.41. The molecule has 1 aromatic carbocycles. The molecule has 1 fully saturated rings. The SMILES string of the molecule is Nc1ccc(SCC(=O)N2CCCCC2)cc1Cl. The van der Waals surface area contributed by atoms with Crippen molar-refractivity contribution in [2.45, 2.75) is 24.2 Å². The minimum absolute atomic E-state index is 0.215. The van der Waals surface area contributed by atoms with Gasteiger partial charge in [0.1, 0.15) is 0 Å². The second-order valence-corrected chi connectivity index (χ2v) is 5.87. The summed E-state index contributed by atoms with van der Waals surface area (Å²) in [6, 6.07) is 5.48. The zero-order valence-corrected chi connectivity index (χ0v) is 11.8. The second-order valence-electron chi connectivity index (χ2n) is 4.41. The van der Waals surface area contributed by atoms with Crippen LogP contribution in [0.5, 0.6) is 0 Å². The summed E-state index contributed by atoms with van der Waals surface area (Å²) in [6.45, 7) is 1.81. The zero-order chi connectivity index (χ0) is 13.0. The van der Waals surface area contributed by atoms with Crippen molar-refractivity contribution >= 4 is 35.0 Å². The van der Waals surface area contributed by atoms with Gasteiger partial charge in [-0.3, -0.25) is 4.79 Å². The van der Waals surface area contributed by atoms with Crippen molar-refractivity contribution < 1.29 is 4.79 Å². The Morgan fingerprint density at radius 2 is 2.06 bits per heavy atom. The van der Waals surface area contributed by atoms with Crippen molar-refractivity contribution in [2.75, 3.05) is 24.6 Å². The summed E-state index contributed by atoms with van der Waals surface area (Å²) in [4.78, 5) is 14.9. The van der Waals surface area contributed by atoms with Crippen LogP contribution in [0.2, 0.25) is 5.02 Å². The van der Waals surface area contributed by atoms with E-state index in [1.54, 1.807) is 6.07 Å². The number of carbonyl (C=O) groups excluding carboxylic acids is 1. The molecule has 0 aromatic heterocycles. The Morgan fingerprint density at radius 1 is 1.33 bits per heavy atom. The van der Waals surface area contributed by atoms with Crippen LogP contribution in [0.3, 0.4) is 0 Å². The molecule has 3 nitrogen and oxygen atoms in total. The number of amides is 1. The van der Waals surface area contributed by atoms with Crippen LogP contribution in [0.4, 0.5) is 5.69 Å². The van der Waals surface area contributed by atoms with E-state index in [1.165, 1.54) is 18.2 Å². The largest absolute Gasteiger partial charge is 0.398 e. The van der Waals surface area contributed by atoms with E-state index in [0.717, 1.165) is 30.8 Å². The van der Waals surface area contributed by atoms with Gasteiger partial charge in [-0.15, -0.1) is 11.8 Å². The number of nitrogens with zero attached hydrogens (tertiary/aromatic N) is 1. The molecule has 1 heterocycles. The molecular formula is C13H17ClN2OS. The predicted molar refractivity (Wildman–Crippen MR) is 77.0 cm³/mol. The Bertz CT molecular complexity index is 433. The van der Waals surface area contributed by atoms with Gasteiger partial charge in [0.2, 0.25) is 5.91 Å². The number of hydrogen-bond donors (Lipinski definition) is 1. The third-order valence-corrected chi connectivity index (χ3v) is 4.35. The van der Waals surface area contributed by atoms with Crippen LogP contribution in [0.15, 0.2) is 23.1 Å². The first-order valence-electron chi connectivity index (χ1n) is 6.12. The molecular weight excluding hydrogens is 268 g/mol. The van der Waals surface area contributed by atoms with E-state index < -0.39 is 0 Å². The number of piperidine rings is 1. The van der Waals surface area contributed by atoms with Crippen molar-refractivity contribution in [3.63, 3.8) is 0 Å². The summed E-state index contributed by atoms with van der Waals surface area (Å²) >= 11 is 7.46. The summed E-state index contributed by atoms with van der Waals surface area (Å²) in [5.74, 6) is 0.688. The molecule has 0 saturated carbocycles. The number of rotatable bonds is 3. The van der Waals surface area contributed by atoms with E-state index in [1.807, 2.05) is 17.0 Å². The number of nitrogen functional groups attached to an aromatic ring is 1. The number of thioether (sulfide) groups is 1. The third-order valence-electron chi connectivity index (χ3n) is 3.04. The maximum atomic E-state index is 12.0. The lowest BCUT2D eigenvalue weighted by Crippen LogP contribution is -2.36. The van der Waals surface area contributed by atoms with Crippen LogP contribution in [0.25, 0.3) is 0 Å². The van der Waals surface area contributed by atoms with Crippen LogP contribution < -0.4 is 5.73 Å². The number of carbonyl (C=O) groups is 1. The first-order valence-corrected chi connectivity index (χ1v) is 7.49. The lowest BCUT2D eigenvalue weighted by molar-refractivity contribution is -0.129. The van der Waals surface area contributed by atoms with Crippen LogP contribution in [0, 0.1) is 0 Å². The van der Waals surface area contributed by atoms with Gasteiger partial charge in [-0.25, -0.2) is 0 Å². The van der Waals surface area contributed by atoms with Crippen molar-refractivity contribution in [3.8, 4) is 0 Å². The fourth-order valence-electron chi connectivity index (χ4n) is 1.98. The fourth-order valence-corrected chi connectivity index (χ4v) is 3.06. The van der Waals surface area contributed by atoms with Gasteiger partial charge >= 0.3 is 0 Å². The summed E-state index contributed by atoms with van der Waals surface area (Å²) in [5.41, 5.74) is 6.22. The monoisotopic (exact) mass is 284 g/mol. The summed E-state index contributed by atoms with van der Waals surface area (Å²) < 4.78 is 0. The molecule has 98 valence electrons. The lowest BCUT2D eigenvalue weighted by atomic mass is 10.1. The molecule has 0 spiro atoms. The minimum atomic E-state index is 0.215. The number of halogens is 1. The Balaban J connectivity index is 1.86. The molecule has 1 amide bonds. The lowest BCUT2D eigenvalue weighted by Gasteiger charge is -2.26. The number of anilines is 1. The van der Waals surface area contributed by atoms with Crippen LogP contribution in [0.1, 0.15) is 19.3 Å². The number of likely N-dealkylation sites (tertiary alicyclic amines) is 1. The minimum Gasteiger partial charge on any atom is -0.398 e. The molecule has 5 heteroatoms. The summed E-state index contributed by atoms with van der Waals surface area (Å²) in [6.07, 6.45) is 3.50. The van der Waals surface area contributed by atoms with Gasteiger partial charge in [0, 0.05) is 18.0 Å². The molecule has 1 saturated heterocycles. The molecule has 2 rings (SSSR count). The van der Waals surface area contributed by atoms with E-state index in [2.05, 4.69) is 0 Å². The van der Waals surface area contributed by atoms with Gasteiger partial charge in [0.15, 0.2) is 0 Å². The van der Waals surface area contributed by atoms with Crippen LogP contribution in [-0.4, -0.2) is 29.6 Å².